The maximum Gasteiger partial charge on any atom is 0.407 e. The Balaban J connectivity index is 1.42. The average Bonchev–Trinajstić information content (AvgIpc) is 2.97. The van der Waals surface area contributed by atoms with Crippen LogP contribution in [-0.4, -0.2) is 67.9 Å². The number of aliphatic hydroxyl groups excluding tert-OH is 1. The van der Waals surface area contributed by atoms with E-state index in [0.29, 0.717) is 48.5 Å². The van der Waals surface area contributed by atoms with E-state index in [1.807, 2.05) is 57.2 Å². The van der Waals surface area contributed by atoms with Gasteiger partial charge >= 0.3 is 6.09 Å². The Morgan fingerprint density at radius 2 is 1.95 bits per heavy atom. The van der Waals surface area contributed by atoms with Crippen molar-refractivity contribution in [2.24, 2.45) is 5.92 Å². The number of carboxylic acid groups (broad SMARTS) is 1. The van der Waals surface area contributed by atoms with Gasteiger partial charge in [0.15, 0.2) is 0 Å². The largest absolute Gasteiger partial charge is 0.465 e. The van der Waals surface area contributed by atoms with Crippen molar-refractivity contribution in [1.82, 2.24) is 19.9 Å². The van der Waals surface area contributed by atoms with E-state index in [9.17, 15) is 15.0 Å². The number of aromatic nitrogens is 3. The number of aryl methyl sites for hydroxylation is 1. The summed E-state index contributed by atoms with van der Waals surface area (Å²) in [4.78, 5) is 26.5. The van der Waals surface area contributed by atoms with Gasteiger partial charge in [-0.2, -0.15) is 0 Å². The Hall–Kier alpha value is -4.44. The number of nitrogens with one attached hydrogen (secondary N) is 2. The fraction of sp³-hybridized carbons (Fsp3) is 0.355. The van der Waals surface area contributed by atoms with Crippen molar-refractivity contribution >= 4 is 28.5 Å². The molecule has 2 aromatic carbocycles. The number of anilines is 2. The molecule has 10 nitrogen and oxygen atoms in total. The molecule has 0 radical (unpaired) electrons. The van der Waals surface area contributed by atoms with Gasteiger partial charge in [-0.15, -0.1) is 0 Å². The van der Waals surface area contributed by atoms with Crippen LogP contribution in [0.3, 0.4) is 0 Å². The van der Waals surface area contributed by atoms with Crippen LogP contribution < -0.4 is 15.4 Å². The minimum absolute atomic E-state index is 0.0671. The van der Waals surface area contributed by atoms with Crippen LogP contribution in [0, 0.1) is 12.8 Å². The number of amides is 1. The van der Waals surface area contributed by atoms with Crippen molar-refractivity contribution in [3.8, 4) is 22.9 Å². The lowest BCUT2D eigenvalue weighted by Crippen LogP contribution is -2.44. The van der Waals surface area contributed by atoms with E-state index in [1.165, 1.54) is 4.90 Å². The van der Waals surface area contributed by atoms with E-state index < -0.39 is 12.2 Å². The van der Waals surface area contributed by atoms with Gasteiger partial charge in [-0.3, -0.25) is 0 Å². The Bertz CT molecular complexity index is 1530. The van der Waals surface area contributed by atoms with Gasteiger partial charge in [0, 0.05) is 54.5 Å². The van der Waals surface area contributed by atoms with Crippen LogP contribution in [0.15, 0.2) is 60.9 Å². The first-order chi connectivity index (χ1) is 19.8. The van der Waals surface area contributed by atoms with E-state index in [2.05, 4.69) is 26.7 Å². The molecule has 0 spiro atoms. The van der Waals surface area contributed by atoms with Crippen LogP contribution in [0.4, 0.5) is 16.4 Å². The molecule has 4 N–H and O–H groups in total. The molecule has 5 rings (SSSR count). The second-order valence-corrected chi connectivity index (χ2v) is 10.7. The third-order valence-electron chi connectivity index (χ3n) is 7.41. The molecule has 0 aliphatic carbocycles. The summed E-state index contributed by atoms with van der Waals surface area (Å²) in [6.45, 7) is 7.36. The molecule has 41 heavy (non-hydrogen) atoms. The molecular formula is C31H36N6O4. The van der Waals surface area contributed by atoms with Crippen LogP contribution in [0.25, 0.3) is 22.0 Å². The lowest BCUT2D eigenvalue weighted by Gasteiger charge is -2.31. The number of hydrogen-bond donors (Lipinski definition) is 4. The maximum absolute atomic E-state index is 11.4. The van der Waals surface area contributed by atoms with Gasteiger partial charge in [0.05, 0.1) is 17.4 Å². The molecule has 1 saturated heterocycles. The number of piperidine rings is 1. The van der Waals surface area contributed by atoms with E-state index in [1.54, 1.807) is 18.5 Å². The van der Waals surface area contributed by atoms with Crippen molar-refractivity contribution in [1.29, 1.82) is 0 Å². The topological polar surface area (TPSA) is 133 Å². The molecule has 10 heteroatoms. The summed E-state index contributed by atoms with van der Waals surface area (Å²) in [7, 11) is 0. The van der Waals surface area contributed by atoms with Crippen LogP contribution in [0.1, 0.15) is 32.3 Å². The summed E-state index contributed by atoms with van der Waals surface area (Å²) in [6, 6.07) is 15.5. The van der Waals surface area contributed by atoms with Crippen molar-refractivity contribution in [3.63, 3.8) is 0 Å². The molecule has 1 amide bonds. The van der Waals surface area contributed by atoms with Crippen molar-refractivity contribution in [3.05, 3.63) is 66.5 Å². The highest BCUT2D eigenvalue weighted by molar-refractivity contribution is 5.98. The molecule has 0 saturated carbocycles. The number of carbonyl (C=O) groups is 1. The van der Waals surface area contributed by atoms with Gasteiger partial charge in [0.1, 0.15) is 5.75 Å². The van der Waals surface area contributed by atoms with E-state index in [-0.39, 0.29) is 12.0 Å². The first-order valence-electron chi connectivity index (χ1n) is 13.9. The zero-order valence-electron chi connectivity index (χ0n) is 23.5. The Kier molecular flexibility index (Phi) is 8.49. The summed E-state index contributed by atoms with van der Waals surface area (Å²) in [5.74, 6) is 1.69. The smallest absolute Gasteiger partial charge is 0.407 e. The predicted molar refractivity (Wildman–Crippen MR) is 160 cm³/mol. The molecule has 4 aromatic rings. The lowest BCUT2D eigenvalue weighted by molar-refractivity contribution is 0.132. The average molecular weight is 557 g/mol. The number of fused-ring (bicyclic) bond motifs is 1. The first kappa shape index (κ1) is 28.1. The monoisotopic (exact) mass is 556 g/mol. The molecule has 214 valence electrons. The summed E-state index contributed by atoms with van der Waals surface area (Å²) in [5, 5.41) is 28.3. The Morgan fingerprint density at radius 3 is 2.76 bits per heavy atom. The summed E-state index contributed by atoms with van der Waals surface area (Å²) >= 11 is 0. The number of hydrogen-bond acceptors (Lipinski definition) is 8. The predicted octanol–water partition coefficient (Wildman–Crippen LogP) is 5.78. The first-order valence-corrected chi connectivity index (χ1v) is 13.9. The summed E-state index contributed by atoms with van der Waals surface area (Å²) in [6.07, 6.45) is 3.61. The van der Waals surface area contributed by atoms with Crippen LogP contribution in [0.2, 0.25) is 0 Å². The number of nitrogens with zero attached hydrogens (tertiary/aromatic N) is 4. The molecular weight excluding hydrogens is 520 g/mol. The van der Waals surface area contributed by atoms with E-state index in [4.69, 9.17) is 9.72 Å². The Morgan fingerprint density at radius 1 is 1.10 bits per heavy atom. The van der Waals surface area contributed by atoms with Crippen molar-refractivity contribution in [2.45, 2.75) is 45.8 Å². The fourth-order valence-electron chi connectivity index (χ4n) is 4.97. The van der Waals surface area contributed by atoms with Gasteiger partial charge in [-0.05, 0) is 55.5 Å². The third kappa shape index (κ3) is 6.49. The third-order valence-corrected chi connectivity index (χ3v) is 7.41. The number of ether oxygens (including phenoxy) is 1. The minimum atomic E-state index is -0.914. The second-order valence-electron chi connectivity index (χ2n) is 10.7. The molecule has 1 fully saturated rings. The second kappa shape index (κ2) is 12.4. The van der Waals surface area contributed by atoms with Gasteiger partial charge in [-0.25, -0.2) is 19.7 Å². The number of aliphatic hydroxyl groups is 1. The van der Waals surface area contributed by atoms with E-state index in [0.717, 1.165) is 34.9 Å². The molecule has 1 unspecified atom stereocenters. The molecule has 2 atom stereocenters. The number of benzene rings is 2. The highest BCUT2D eigenvalue weighted by atomic mass is 16.5. The van der Waals surface area contributed by atoms with Crippen LogP contribution in [-0.2, 0) is 0 Å². The highest BCUT2D eigenvalue weighted by Gasteiger charge is 2.24. The molecule has 3 heterocycles. The zero-order valence-corrected chi connectivity index (χ0v) is 23.5. The molecule has 1 aliphatic heterocycles. The van der Waals surface area contributed by atoms with Crippen molar-refractivity contribution in [2.75, 3.05) is 30.3 Å². The van der Waals surface area contributed by atoms with Crippen LogP contribution >= 0.6 is 0 Å². The van der Waals surface area contributed by atoms with Crippen molar-refractivity contribution < 1.29 is 19.7 Å². The summed E-state index contributed by atoms with van der Waals surface area (Å²) in [5.41, 5.74) is 3.22. The number of likely N-dealkylation sites (tertiary alicyclic amines) is 1. The molecule has 1 aliphatic rings. The standard InChI is InChI=1S/C31H36N6O4/c1-19(2)27(38)17-34-25-10-4-8-23-22(25)12-11-20(3)28(23)41-29-24(9-5-14-32-29)26-13-15-33-30(36-26)35-21-7-6-16-37(18-21)31(39)40/h4-5,8-15,19,21,27,34,38H,6-7,16-18H2,1-3H3,(H,39,40)(H,33,35,36)/t21-,27?/m0/s1. The quantitative estimate of drug-likeness (QED) is 0.203. The highest BCUT2D eigenvalue weighted by Crippen LogP contribution is 2.38. The zero-order chi connectivity index (χ0) is 28.9. The lowest BCUT2D eigenvalue weighted by atomic mass is 10.0. The molecule has 0 bridgehead atoms. The van der Waals surface area contributed by atoms with E-state index >= 15 is 0 Å². The van der Waals surface area contributed by atoms with Gasteiger partial charge in [-0.1, -0.05) is 38.1 Å². The molecule has 2 aromatic heterocycles. The van der Waals surface area contributed by atoms with Gasteiger partial charge < -0.3 is 30.5 Å². The van der Waals surface area contributed by atoms with Gasteiger partial charge in [0.2, 0.25) is 11.8 Å². The SMILES string of the molecule is Cc1ccc2c(NCC(O)C(C)C)cccc2c1Oc1ncccc1-c1ccnc(N[C@H]2CCCN(C(=O)O)C2)n1. The number of pyridine rings is 1. The summed E-state index contributed by atoms with van der Waals surface area (Å²) < 4.78 is 6.52. The fourth-order valence-corrected chi connectivity index (χ4v) is 4.97. The van der Waals surface area contributed by atoms with Gasteiger partial charge in [0.25, 0.3) is 0 Å². The van der Waals surface area contributed by atoms with Crippen LogP contribution in [0.5, 0.6) is 11.6 Å². The minimum Gasteiger partial charge on any atom is -0.465 e. The normalized spacial score (nSPS) is 16.0. The Labute approximate surface area is 239 Å². The maximum atomic E-state index is 11.4. The number of rotatable bonds is 9.